The van der Waals surface area contributed by atoms with Crippen molar-refractivity contribution in [3.8, 4) is 5.88 Å². The van der Waals surface area contributed by atoms with Crippen LogP contribution in [0.15, 0.2) is 79.0 Å². The van der Waals surface area contributed by atoms with Gasteiger partial charge < -0.3 is 34.5 Å². The topological polar surface area (TPSA) is 167 Å². The summed E-state index contributed by atoms with van der Waals surface area (Å²) in [6.07, 6.45) is 12.7. The Labute approximate surface area is 440 Å². The second-order valence-corrected chi connectivity index (χ2v) is 22.4. The number of Topliss-reactive ketones (excluding diaryl/α,β-unsaturated/α-hetero) is 1. The minimum atomic E-state index is -5.08. The molecule has 0 radical (unpaired) electrons. The Hall–Kier alpha value is -5.75. The number of hydrogen-bond donors (Lipinski definition) is 2. The SMILES string of the molecule is CN(C)C1(c2ccccc2)CCC2(CC1)CN(CCC(=O)O)C(=O)N2CC1CCC1.COc1cc(CC(=O)CCN2CC3(CCC(c4ccccc4)(N(C)C)CC3)N(CC3CCC3)C2=O)ccn1.O=C(O)C(F)(F)F. The van der Waals surface area contributed by atoms with E-state index < -0.39 is 18.1 Å². The molecule has 4 aliphatic carbocycles. The zero-order valence-electron chi connectivity index (χ0n) is 44.5. The molecule has 2 N–H and O–H groups in total. The summed E-state index contributed by atoms with van der Waals surface area (Å²) in [5, 5.41) is 16.2. The Morgan fingerprint density at radius 2 is 1.08 bits per heavy atom. The number of carbonyl (C=O) groups is 5. The van der Waals surface area contributed by atoms with Crippen LogP contribution < -0.4 is 4.74 Å². The lowest BCUT2D eigenvalue weighted by Gasteiger charge is -2.51. The van der Waals surface area contributed by atoms with Gasteiger partial charge in [-0.15, -0.1) is 0 Å². The number of benzene rings is 2. The lowest BCUT2D eigenvalue weighted by Crippen LogP contribution is -2.56. The van der Waals surface area contributed by atoms with Crippen molar-refractivity contribution >= 4 is 29.8 Å². The number of ketones is 1. The molecule has 4 saturated carbocycles. The number of amides is 4. The fraction of sp³-hybridized carbons (Fsp3) is 0.614. The lowest BCUT2D eigenvalue weighted by atomic mass is 9.68. The van der Waals surface area contributed by atoms with Crippen LogP contribution in [0.3, 0.4) is 0 Å². The number of nitrogens with zero attached hydrogens (tertiary/aromatic N) is 7. The zero-order valence-corrected chi connectivity index (χ0v) is 44.5. The average Bonchev–Trinajstić information content (AvgIpc) is 3.77. The van der Waals surface area contributed by atoms with Crippen LogP contribution in [0.25, 0.3) is 0 Å². The van der Waals surface area contributed by atoms with E-state index in [4.69, 9.17) is 19.7 Å². The van der Waals surface area contributed by atoms with E-state index in [1.807, 2.05) is 11.0 Å². The molecule has 3 aromatic rings. The molecular weight excluding hydrogens is 968 g/mol. The first-order valence-electron chi connectivity index (χ1n) is 26.8. The summed E-state index contributed by atoms with van der Waals surface area (Å²) in [4.78, 5) is 76.9. The van der Waals surface area contributed by atoms with Crippen molar-refractivity contribution in [2.75, 3.05) is 74.6 Å². The fourth-order valence-corrected chi connectivity index (χ4v) is 12.6. The van der Waals surface area contributed by atoms with Crippen molar-refractivity contribution in [3.63, 3.8) is 0 Å². The van der Waals surface area contributed by atoms with E-state index in [2.05, 4.69) is 113 Å². The van der Waals surface area contributed by atoms with Gasteiger partial charge in [-0.2, -0.15) is 13.2 Å². The maximum atomic E-state index is 13.8. The third kappa shape index (κ3) is 12.9. The van der Waals surface area contributed by atoms with Gasteiger partial charge in [0.2, 0.25) is 5.88 Å². The van der Waals surface area contributed by atoms with Gasteiger partial charge in [-0.25, -0.2) is 19.4 Å². The van der Waals surface area contributed by atoms with Crippen LogP contribution in [0.2, 0.25) is 0 Å². The molecule has 2 aliphatic heterocycles. The second-order valence-electron chi connectivity index (χ2n) is 22.4. The number of rotatable bonds is 17. The van der Waals surface area contributed by atoms with Crippen molar-refractivity contribution < 1.29 is 52.1 Å². The van der Waals surface area contributed by atoms with Gasteiger partial charge in [-0.3, -0.25) is 19.4 Å². The number of alkyl halides is 3. The maximum Gasteiger partial charge on any atom is 0.490 e. The Kier molecular flexibility index (Phi) is 18.3. The molecule has 6 aliphatic rings. The number of halogens is 3. The van der Waals surface area contributed by atoms with Crippen LogP contribution in [-0.4, -0.2) is 166 Å². The smallest absolute Gasteiger partial charge is 0.481 e. The number of ether oxygens (including phenoxy) is 1. The zero-order chi connectivity index (χ0) is 54.2. The molecule has 18 heteroatoms. The number of aromatic nitrogens is 1. The van der Waals surface area contributed by atoms with Gasteiger partial charge >= 0.3 is 30.2 Å². The number of urea groups is 2. The molecule has 0 unspecified atom stereocenters. The van der Waals surface area contributed by atoms with E-state index in [1.54, 1.807) is 24.3 Å². The number of methoxy groups -OCH3 is 1. The van der Waals surface area contributed by atoms with E-state index in [0.29, 0.717) is 50.2 Å². The highest BCUT2D eigenvalue weighted by Gasteiger charge is 2.56. The summed E-state index contributed by atoms with van der Waals surface area (Å²) in [5.41, 5.74) is 3.30. The molecule has 0 atom stereocenters. The molecule has 4 amide bonds. The van der Waals surface area contributed by atoms with Gasteiger partial charge in [0.15, 0.2) is 0 Å². The Morgan fingerprint density at radius 3 is 1.43 bits per heavy atom. The standard InChI is InChI=1S/C31H42N4O3.C24H35N3O3.C2HF3O2/c1-33(2)31(26-10-5-4-6-11-26)16-14-30(15-17-31)23-34(29(37)35(30)22-24-8-7-9-24)19-13-27(36)20-25-12-18-32-28(21-25)38-3;1-25(2)24(20-9-4-3-5-10-20)14-12-23(13-15-24)18-26(16-11-21(28)29)22(30)27(23)17-19-7-6-8-19;3-2(4,5)1(6)7/h4-6,10-12,18,21,24H,7-9,13-17,19-20,22-23H2,1-3H3;3-5,9-10,19H,6-8,11-18H2,1-2H3,(H,28,29);(H,6,7). The fourth-order valence-electron chi connectivity index (χ4n) is 12.6. The Morgan fingerprint density at radius 1 is 0.667 bits per heavy atom. The van der Waals surface area contributed by atoms with Gasteiger partial charge in [-0.1, -0.05) is 73.5 Å². The summed E-state index contributed by atoms with van der Waals surface area (Å²) < 4.78 is 36.9. The molecule has 1 aromatic heterocycles. The van der Waals surface area contributed by atoms with E-state index >= 15 is 0 Å². The van der Waals surface area contributed by atoms with Crippen molar-refractivity contribution in [1.29, 1.82) is 0 Å². The number of hydrogen-bond acceptors (Lipinski definition) is 9. The molecule has 410 valence electrons. The minimum absolute atomic E-state index is 0.00726. The van der Waals surface area contributed by atoms with Gasteiger partial charge in [0.05, 0.1) is 24.6 Å². The quantitative estimate of drug-likeness (QED) is 0.132. The van der Waals surface area contributed by atoms with Gasteiger partial charge in [0.25, 0.3) is 0 Å². The molecule has 9 rings (SSSR count). The Balaban J connectivity index is 0.000000198. The average molecular weight is 1050 g/mol. The van der Waals surface area contributed by atoms with E-state index in [0.717, 1.165) is 76.6 Å². The van der Waals surface area contributed by atoms with Crippen molar-refractivity contribution in [2.24, 2.45) is 11.8 Å². The monoisotopic (exact) mass is 1050 g/mol. The summed E-state index contributed by atoms with van der Waals surface area (Å²) in [6, 6.07) is 25.4. The minimum Gasteiger partial charge on any atom is -0.481 e. The summed E-state index contributed by atoms with van der Waals surface area (Å²) in [6.45, 7) is 3.90. The molecule has 75 heavy (non-hydrogen) atoms. The number of aliphatic carboxylic acids is 2. The van der Waals surface area contributed by atoms with Gasteiger partial charge in [0.1, 0.15) is 5.78 Å². The molecular formula is C57H78F3N7O8. The van der Waals surface area contributed by atoms with Gasteiger partial charge in [-0.05, 0) is 140 Å². The first-order chi connectivity index (χ1) is 35.7. The first-order valence-corrected chi connectivity index (χ1v) is 26.8. The maximum absolute atomic E-state index is 13.8. The third-order valence-electron chi connectivity index (χ3n) is 17.7. The van der Waals surface area contributed by atoms with Crippen LogP contribution in [0.5, 0.6) is 5.88 Å². The van der Waals surface area contributed by atoms with E-state index in [-0.39, 0.29) is 46.4 Å². The van der Waals surface area contributed by atoms with Crippen molar-refractivity contribution in [2.45, 2.75) is 137 Å². The van der Waals surface area contributed by atoms with Crippen LogP contribution in [-0.2, 0) is 31.9 Å². The van der Waals surface area contributed by atoms with Crippen molar-refractivity contribution in [1.82, 2.24) is 34.4 Å². The molecule has 3 heterocycles. The van der Waals surface area contributed by atoms with Gasteiger partial charge in [0, 0.05) is 75.5 Å². The van der Waals surface area contributed by atoms with Crippen molar-refractivity contribution in [3.05, 3.63) is 95.7 Å². The van der Waals surface area contributed by atoms with Crippen LogP contribution in [0, 0.1) is 11.8 Å². The predicted molar refractivity (Wildman–Crippen MR) is 278 cm³/mol. The van der Waals surface area contributed by atoms with Crippen LogP contribution >= 0.6 is 0 Å². The second kappa shape index (κ2) is 24.1. The molecule has 15 nitrogen and oxygen atoms in total. The van der Waals surface area contributed by atoms with E-state index in [9.17, 15) is 32.3 Å². The molecule has 6 fully saturated rings. The number of pyridine rings is 1. The normalized spacial score (nSPS) is 25.9. The molecule has 2 aromatic carbocycles. The highest BCUT2D eigenvalue weighted by atomic mass is 19.4. The predicted octanol–water partition coefficient (Wildman–Crippen LogP) is 9.30. The number of carboxylic acids is 2. The highest BCUT2D eigenvalue weighted by Crippen LogP contribution is 2.51. The van der Waals surface area contributed by atoms with E-state index in [1.165, 1.54) is 49.7 Å². The first kappa shape index (κ1) is 57.0. The van der Waals surface area contributed by atoms with Crippen LogP contribution in [0.1, 0.15) is 119 Å². The molecule has 2 spiro atoms. The lowest BCUT2D eigenvalue weighted by molar-refractivity contribution is -0.192. The summed E-state index contributed by atoms with van der Waals surface area (Å²) in [7, 11) is 10.3. The number of carboxylic acid groups (broad SMARTS) is 2. The Bertz CT molecular complexity index is 2420. The molecule has 2 saturated heterocycles. The largest absolute Gasteiger partial charge is 0.490 e. The molecule has 0 bridgehead atoms. The summed E-state index contributed by atoms with van der Waals surface area (Å²) in [5.74, 6) is -1.72. The van der Waals surface area contributed by atoms with Crippen LogP contribution in [0.4, 0.5) is 22.8 Å². The third-order valence-corrected chi connectivity index (χ3v) is 17.7. The summed E-state index contributed by atoms with van der Waals surface area (Å²) >= 11 is 0. The number of carbonyl (C=O) groups excluding carboxylic acids is 3. The highest BCUT2D eigenvalue weighted by molar-refractivity contribution is 5.83.